The zero-order valence-electron chi connectivity index (χ0n) is 14.0. The summed E-state index contributed by atoms with van der Waals surface area (Å²) < 4.78 is 11.0. The summed E-state index contributed by atoms with van der Waals surface area (Å²) in [6, 6.07) is 12.7. The zero-order chi connectivity index (χ0) is 17.6. The van der Waals surface area contributed by atoms with E-state index in [1.165, 1.54) is 11.3 Å². The Labute approximate surface area is 150 Å². The molecule has 3 rings (SSSR count). The van der Waals surface area contributed by atoms with E-state index in [0.717, 1.165) is 11.3 Å². The number of ether oxygens (including phenoxy) is 2. The number of nitrogens with one attached hydrogen (secondary N) is 1. The van der Waals surface area contributed by atoms with Crippen LogP contribution in [0.15, 0.2) is 53.4 Å². The lowest BCUT2D eigenvalue weighted by Gasteiger charge is -2.12. The maximum absolute atomic E-state index is 12.5. The number of methoxy groups -OCH3 is 1. The van der Waals surface area contributed by atoms with Crippen molar-refractivity contribution in [1.82, 2.24) is 4.98 Å². The molecule has 0 spiro atoms. The van der Waals surface area contributed by atoms with Crippen molar-refractivity contribution in [3.63, 3.8) is 0 Å². The highest BCUT2D eigenvalue weighted by molar-refractivity contribution is 7.07. The first-order chi connectivity index (χ1) is 12.2. The molecule has 0 atom stereocenters. The van der Waals surface area contributed by atoms with Crippen LogP contribution in [0.5, 0.6) is 11.5 Å². The molecule has 1 heterocycles. The average Bonchev–Trinajstić information content (AvgIpc) is 3.14. The number of benzene rings is 2. The normalized spacial score (nSPS) is 10.3. The monoisotopic (exact) mass is 354 g/mol. The van der Waals surface area contributed by atoms with Crippen molar-refractivity contribution in [2.45, 2.75) is 13.5 Å². The van der Waals surface area contributed by atoms with Crippen LogP contribution in [0.3, 0.4) is 0 Å². The number of aryl methyl sites for hydroxylation is 1. The van der Waals surface area contributed by atoms with Gasteiger partial charge >= 0.3 is 0 Å². The molecule has 3 aromatic rings. The molecule has 0 unspecified atom stereocenters. The van der Waals surface area contributed by atoms with Gasteiger partial charge in [0.25, 0.3) is 5.91 Å². The maximum atomic E-state index is 12.5. The number of rotatable bonds is 6. The highest BCUT2D eigenvalue weighted by atomic mass is 32.1. The van der Waals surface area contributed by atoms with E-state index in [1.54, 1.807) is 30.8 Å². The lowest BCUT2D eigenvalue weighted by atomic mass is 10.1. The number of aromatic nitrogens is 1. The van der Waals surface area contributed by atoms with Gasteiger partial charge in [0, 0.05) is 10.9 Å². The van der Waals surface area contributed by atoms with Gasteiger partial charge in [0.1, 0.15) is 18.1 Å². The largest absolute Gasteiger partial charge is 0.495 e. The van der Waals surface area contributed by atoms with Crippen molar-refractivity contribution in [3.05, 3.63) is 70.2 Å². The van der Waals surface area contributed by atoms with Gasteiger partial charge in [-0.25, -0.2) is 4.98 Å². The maximum Gasteiger partial charge on any atom is 0.255 e. The Morgan fingerprint density at radius 1 is 1.24 bits per heavy atom. The first kappa shape index (κ1) is 17.0. The third-order valence-electron chi connectivity index (χ3n) is 3.57. The molecule has 1 aromatic heterocycles. The van der Waals surface area contributed by atoms with Crippen molar-refractivity contribution >= 4 is 22.9 Å². The smallest absolute Gasteiger partial charge is 0.255 e. The van der Waals surface area contributed by atoms with Gasteiger partial charge in [-0.2, -0.15) is 0 Å². The molecule has 0 saturated heterocycles. The fraction of sp³-hybridized carbons (Fsp3) is 0.158. The number of hydrogen-bond donors (Lipinski definition) is 1. The SMILES string of the molecule is COc1ccc(C)cc1NC(=O)c1cccc(OCc2cscn2)c1. The summed E-state index contributed by atoms with van der Waals surface area (Å²) in [6.45, 7) is 2.34. The van der Waals surface area contributed by atoms with Crippen molar-refractivity contribution in [1.29, 1.82) is 0 Å². The van der Waals surface area contributed by atoms with E-state index < -0.39 is 0 Å². The molecule has 0 radical (unpaired) electrons. The summed E-state index contributed by atoms with van der Waals surface area (Å²) in [7, 11) is 1.58. The van der Waals surface area contributed by atoms with Crippen LogP contribution in [-0.4, -0.2) is 18.0 Å². The Bertz CT molecular complexity index is 863. The molecule has 0 aliphatic carbocycles. The summed E-state index contributed by atoms with van der Waals surface area (Å²) in [5.74, 6) is 1.02. The Morgan fingerprint density at radius 2 is 2.12 bits per heavy atom. The van der Waals surface area contributed by atoms with Crippen molar-refractivity contribution < 1.29 is 14.3 Å². The third-order valence-corrected chi connectivity index (χ3v) is 4.20. The zero-order valence-corrected chi connectivity index (χ0v) is 14.8. The van der Waals surface area contributed by atoms with E-state index in [0.29, 0.717) is 29.4 Å². The van der Waals surface area contributed by atoms with Crippen LogP contribution >= 0.6 is 11.3 Å². The number of anilines is 1. The molecule has 6 heteroatoms. The summed E-state index contributed by atoms with van der Waals surface area (Å²) in [5.41, 5.74) is 4.82. The van der Waals surface area contributed by atoms with Crippen LogP contribution < -0.4 is 14.8 Å². The Kier molecular flexibility index (Phi) is 5.30. The fourth-order valence-corrected chi connectivity index (χ4v) is 2.85. The molecule has 128 valence electrons. The van der Waals surface area contributed by atoms with E-state index in [1.807, 2.05) is 36.6 Å². The molecular weight excluding hydrogens is 336 g/mol. The molecule has 0 bridgehead atoms. The van der Waals surface area contributed by atoms with Gasteiger partial charge in [-0.1, -0.05) is 12.1 Å². The topological polar surface area (TPSA) is 60.5 Å². The molecule has 1 amide bonds. The van der Waals surface area contributed by atoms with E-state index >= 15 is 0 Å². The van der Waals surface area contributed by atoms with Gasteiger partial charge in [0.15, 0.2) is 0 Å². The third kappa shape index (κ3) is 4.36. The Hall–Kier alpha value is -2.86. The van der Waals surface area contributed by atoms with Gasteiger partial charge in [0.2, 0.25) is 0 Å². The molecule has 0 aliphatic heterocycles. The second-order valence-electron chi connectivity index (χ2n) is 5.45. The van der Waals surface area contributed by atoms with E-state index in [-0.39, 0.29) is 5.91 Å². The minimum atomic E-state index is -0.219. The van der Waals surface area contributed by atoms with Crippen LogP contribution in [0.1, 0.15) is 21.6 Å². The first-order valence-corrected chi connectivity index (χ1v) is 8.66. The highest BCUT2D eigenvalue weighted by Crippen LogP contribution is 2.26. The van der Waals surface area contributed by atoms with Crippen molar-refractivity contribution in [2.75, 3.05) is 12.4 Å². The second-order valence-corrected chi connectivity index (χ2v) is 6.17. The van der Waals surface area contributed by atoms with Crippen molar-refractivity contribution in [2.24, 2.45) is 0 Å². The molecule has 25 heavy (non-hydrogen) atoms. The second kappa shape index (κ2) is 7.81. The number of carbonyl (C=O) groups is 1. The number of amides is 1. The average molecular weight is 354 g/mol. The van der Waals surface area contributed by atoms with Crippen LogP contribution in [0.4, 0.5) is 5.69 Å². The lowest BCUT2D eigenvalue weighted by Crippen LogP contribution is -2.13. The quantitative estimate of drug-likeness (QED) is 0.717. The lowest BCUT2D eigenvalue weighted by molar-refractivity contribution is 0.102. The summed E-state index contributed by atoms with van der Waals surface area (Å²) >= 11 is 1.52. The highest BCUT2D eigenvalue weighted by Gasteiger charge is 2.11. The molecule has 5 nitrogen and oxygen atoms in total. The van der Waals surface area contributed by atoms with Gasteiger partial charge in [-0.3, -0.25) is 4.79 Å². The number of nitrogens with zero attached hydrogens (tertiary/aromatic N) is 1. The molecule has 0 fully saturated rings. The minimum absolute atomic E-state index is 0.219. The van der Waals surface area contributed by atoms with Crippen LogP contribution in [-0.2, 0) is 6.61 Å². The van der Waals surface area contributed by atoms with Gasteiger partial charge in [-0.15, -0.1) is 11.3 Å². The molecule has 0 saturated carbocycles. The minimum Gasteiger partial charge on any atom is -0.495 e. The Morgan fingerprint density at radius 3 is 2.88 bits per heavy atom. The summed E-state index contributed by atoms with van der Waals surface area (Å²) in [4.78, 5) is 16.7. The van der Waals surface area contributed by atoms with Crippen molar-refractivity contribution in [3.8, 4) is 11.5 Å². The van der Waals surface area contributed by atoms with Gasteiger partial charge in [0.05, 0.1) is 24.0 Å². The van der Waals surface area contributed by atoms with Crippen LogP contribution in [0.2, 0.25) is 0 Å². The van der Waals surface area contributed by atoms with Gasteiger partial charge in [-0.05, 0) is 42.8 Å². The van der Waals surface area contributed by atoms with E-state index in [4.69, 9.17) is 9.47 Å². The van der Waals surface area contributed by atoms with E-state index in [9.17, 15) is 4.79 Å². The van der Waals surface area contributed by atoms with Crippen LogP contribution in [0, 0.1) is 6.92 Å². The fourth-order valence-electron chi connectivity index (χ4n) is 2.31. The standard InChI is InChI=1S/C19H18N2O3S/c1-13-6-7-18(23-2)17(8-13)21-19(22)14-4-3-5-16(9-14)24-10-15-11-25-12-20-15/h3-9,11-12H,10H2,1-2H3,(H,21,22). The van der Waals surface area contributed by atoms with Gasteiger partial charge < -0.3 is 14.8 Å². The molecule has 2 aromatic carbocycles. The van der Waals surface area contributed by atoms with Crippen LogP contribution in [0.25, 0.3) is 0 Å². The molecule has 0 aliphatic rings. The predicted molar refractivity (Wildman–Crippen MR) is 98.6 cm³/mol. The number of carbonyl (C=O) groups excluding carboxylic acids is 1. The number of hydrogen-bond acceptors (Lipinski definition) is 5. The predicted octanol–water partition coefficient (Wildman–Crippen LogP) is 4.29. The summed E-state index contributed by atoms with van der Waals surface area (Å²) in [5, 5.41) is 4.82. The Balaban J connectivity index is 1.72. The van der Waals surface area contributed by atoms with E-state index in [2.05, 4.69) is 10.3 Å². The first-order valence-electron chi connectivity index (χ1n) is 7.71. The summed E-state index contributed by atoms with van der Waals surface area (Å²) in [6.07, 6.45) is 0. The molecular formula is C19H18N2O3S. The molecule has 1 N–H and O–H groups in total. The number of thiazole rings is 1.